The Hall–Kier alpha value is -3.65. The molecular weight excluding hydrogens is 510 g/mol. The Kier molecular flexibility index (Phi) is 7.49. The zero-order valence-electron chi connectivity index (χ0n) is 21.3. The molecule has 3 aromatic carbocycles. The van der Waals surface area contributed by atoms with Crippen molar-refractivity contribution in [3.8, 4) is 5.75 Å². The van der Waals surface area contributed by atoms with Crippen molar-refractivity contribution in [1.29, 1.82) is 0 Å². The molecule has 1 N–H and O–H groups in total. The molecule has 8 heteroatoms. The van der Waals surface area contributed by atoms with Gasteiger partial charge < -0.3 is 9.84 Å². The Bertz CT molecular complexity index is 1390. The quantitative estimate of drug-likeness (QED) is 0.313. The van der Waals surface area contributed by atoms with Gasteiger partial charge in [0, 0.05) is 24.4 Å². The molecule has 0 unspecified atom stereocenters. The summed E-state index contributed by atoms with van der Waals surface area (Å²) in [4.78, 5) is 12.8. The lowest BCUT2D eigenvalue weighted by atomic mass is 9.74. The number of hydrogen-bond donors (Lipinski definition) is 1. The van der Waals surface area contributed by atoms with Crippen molar-refractivity contribution in [3.05, 3.63) is 106 Å². The number of fused-ring (bicyclic) bond motifs is 2. The van der Waals surface area contributed by atoms with Crippen LogP contribution >= 0.6 is 0 Å². The summed E-state index contributed by atoms with van der Waals surface area (Å²) in [6.45, 7) is 1.46. The number of piperidine rings is 1. The summed E-state index contributed by atoms with van der Waals surface area (Å²) in [5.74, 6) is -1.48. The molecule has 1 heterocycles. The van der Waals surface area contributed by atoms with E-state index in [4.69, 9.17) is 9.84 Å². The summed E-state index contributed by atoms with van der Waals surface area (Å²) in [5, 5.41) is 8.77. The number of nitrogens with zero attached hydrogens (tertiary/aromatic N) is 1. The number of benzene rings is 3. The molecule has 0 aromatic heterocycles. The van der Waals surface area contributed by atoms with Crippen LogP contribution in [0.2, 0.25) is 0 Å². The number of allylic oxidation sites excluding steroid dienone is 1. The third-order valence-corrected chi connectivity index (χ3v) is 7.74. The Balaban J connectivity index is 1.24. The SMILES string of the molecule is O=C(O)CCc1ccc(OCc2ccc(CN3CCC4(C=Cc5ccccc54)CC3)c(C(F)(F)F)c2)cc1F. The summed E-state index contributed by atoms with van der Waals surface area (Å²) < 4.78 is 61.9. The normalized spacial score (nSPS) is 16.4. The first-order chi connectivity index (χ1) is 18.6. The van der Waals surface area contributed by atoms with E-state index in [0.717, 1.165) is 25.0 Å². The van der Waals surface area contributed by atoms with Crippen LogP contribution in [0, 0.1) is 5.82 Å². The predicted molar refractivity (Wildman–Crippen MR) is 140 cm³/mol. The molecule has 0 amide bonds. The maximum atomic E-state index is 14.3. The fraction of sp³-hybridized carbons (Fsp3) is 0.323. The highest BCUT2D eigenvalue weighted by Gasteiger charge is 2.39. The second-order valence-corrected chi connectivity index (χ2v) is 10.3. The van der Waals surface area contributed by atoms with Crippen LogP contribution in [0.5, 0.6) is 5.75 Å². The molecule has 1 aliphatic heterocycles. The molecule has 0 radical (unpaired) electrons. The monoisotopic (exact) mass is 539 g/mol. The van der Waals surface area contributed by atoms with Gasteiger partial charge in [-0.05, 0) is 72.3 Å². The van der Waals surface area contributed by atoms with E-state index in [1.165, 1.54) is 29.3 Å². The maximum absolute atomic E-state index is 14.3. The summed E-state index contributed by atoms with van der Waals surface area (Å²) in [6.07, 6.45) is 1.44. The molecule has 1 aliphatic carbocycles. The lowest BCUT2D eigenvalue weighted by Gasteiger charge is -2.39. The average molecular weight is 540 g/mol. The minimum Gasteiger partial charge on any atom is -0.489 e. The largest absolute Gasteiger partial charge is 0.489 e. The van der Waals surface area contributed by atoms with Crippen molar-refractivity contribution in [3.63, 3.8) is 0 Å². The number of aryl methyl sites for hydroxylation is 1. The van der Waals surface area contributed by atoms with Gasteiger partial charge in [0.2, 0.25) is 0 Å². The van der Waals surface area contributed by atoms with Crippen molar-refractivity contribution in [2.75, 3.05) is 13.1 Å². The molecule has 1 spiro atoms. The summed E-state index contributed by atoms with van der Waals surface area (Å²) in [5.41, 5.74) is 2.59. The molecule has 0 saturated carbocycles. The second-order valence-electron chi connectivity index (χ2n) is 10.3. The molecule has 5 rings (SSSR count). The van der Waals surface area contributed by atoms with Crippen LogP contribution in [0.4, 0.5) is 17.6 Å². The zero-order chi connectivity index (χ0) is 27.6. The molecule has 0 bridgehead atoms. The molecular formula is C31H29F4NO3. The number of ether oxygens (including phenoxy) is 1. The van der Waals surface area contributed by atoms with Crippen molar-refractivity contribution in [1.82, 2.24) is 4.90 Å². The minimum atomic E-state index is -4.52. The van der Waals surface area contributed by atoms with E-state index in [2.05, 4.69) is 29.2 Å². The number of likely N-dealkylation sites (tertiary alicyclic amines) is 1. The third-order valence-electron chi connectivity index (χ3n) is 7.74. The van der Waals surface area contributed by atoms with Gasteiger partial charge >= 0.3 is 12.1 Å². The first-order valence-electron chi connectivity index (χ1n) is 13.0. The lowest BCUT2D eigenvalue weighted by Crippen LogP contribution is -2.40. The van der Waals surface area contributed by atoms with Crippen LogP contribution in [0.25, 0.3) is 6.08 Å². The molecule has 2 aliphatic rings. The minimum absolute atomic E-state index is 0.0327. The Morgan fingerprint density at radius 3 is 2.46 bits per heavy atom. The van der Waals surface area contributed by atoms with E-state index >= 15 is 0 Å². The van der Waals surface area contributed by atoms with Gasteiger partial charge in [-0.2, -0.15) is 13.2 Å². The highest BCUT2D eigenvalue weighted by molar-refractivity contribution is 5.67. The number of aliphatic carboxylic acids is 1. The maximum Gasteiger partial charge on any atom is 0.416 e. The van der Waals surface area contributed by atoms with Gasteiger partial charge in [0.1, 0.15) is 18.2 Å². The van der Waals surface area contributed by atoms with E-state index in [-0.39, 0.29) is 48.3 Å². The van der Waals surface area contributed by atoms with Gasteiger partial charge in [-0.3, -0.25) is 9.69 Å². The van der Waals surface area contributed by atoms with Crippen molar-refractivity contribution >= 4 is 12.0 Å². The molecule has 1 fully saturated rings. The molecule has 3 aromatic rings. The number of hydrogen-bond acceptors (Lipinski definition) is 3. The number of carbonyl (C=O) groups is 1. The van der Waals surface area contributed by atoms with Gasteiger partial charge in [0.25, 0.3) is 0 Å². The smallest absolute Gasteiger partial charge is 0.416 e. The van der Waals surface area contributed by atoms with Crippen LogP contribution in [0.3, 0.4) is 0 Å². The van der Waals surface area contributed by atoms with E-state index in [9.17, 15) is 22.4 Å². The van der Waals surface area contributed by atoms with E-state index in [1.807, 2.05) is 12.1 Å². The van der Waals surface area contributed by atoms with Crippen LogP contribution in [0.1, 0.15) is 52.6 Å². The van der Waals surface area contributed by atoms with Crippen LogP contribution in [-0.2, 0) is 36.0 Å². The van der Waals surface area contributed by atoms with Crippen LogP contribution in [0.15, 0.2) is 66.7 Å². The Labute approximate surface area is 224 Å². The number of carboxylic acids is 1. The molecule has 4 nitrogen and oxygen atoms in total. The zero-order valence-corrected chi connectivity index (χ0v) is 21.3. The summed E-state index contributed by atoms with van der Waals surface area (Å²) in [6, 6.07) is 16.6. The van der Waals surface area contributed by atoms with E-state index < -0.39 is 23.5 Å². The Morgan fingerprint density at radius 2 is 1.74 bits per heavy atom. The van der Waals surface area contributed by atoms with Gasteiger partial charge in [-0.1, -0.05) is 54.6 Å². The molecule has 0 atom stereocenters. The topological polar surface area (TPSA) is 49.8 Å². The van der Waals surface area contributed by atoms with Gasteiger partial charge in [-0.25, -0.2) is 4.39 Å². The fourth-order valence-electron chi connectivity index (χ4n) is 5.57. The molecule has 1 saturated heterocycles. The van der Waals surface area contributed by atoms with E-state index in [0.29, 0.717) is 18.7 Å². The van der Waals surface area contributed by atoms with Gasteiger partial charge in [0.05, 0.1) is 5.56 Å². The summed E-state index contributed by atoms with van der Waals surface area (Å²) >= 11 is 0. The second kappa shape index (κ2) is 10.8. The number of carboxylic acid groups (broad SMARTS) is 1. The molecule has 204 valence electrons. The first kappa shape index (κ1) is 26.9. The van der Waals surface area contributed by atoms with Crippen molar-refractivity contribution in [2.24, 2.45) is 0 Å². The standard InChI is InChI=1S/C31H29F4NO3/c32-28-18-25(9-7-23(28)8-10-29(37)38)39-20-21-5-6-24(27(17-21)31(33,34)35)19-36-15-13-30(14-16-36)12-11-22-3-1-2-4-26(22)30/h1-7,9,11-12,17-18H,8,10,13-16,19-20H2,(H,37,38). The predicted octanol–water partition coefficient (Wildman–Crippen LogP) is 7.00. The highest BCUT2D eigenvalue weighted by Crippen LogP contribution is 2.44. The van der Waals surface area contributed by atoms with Crippen molar-refractivity contribution in [2.45, 2.75) is 50.4 Å². The summed E-state index contributed by atoms with van der Waals surface area (Å²) in [7, 11) is 0. The fourth-order valence-corrected chi connectivity index (χ4v) is 5.57. The van der Waals surface area contributed by atoms with Gasteiger partial charge in [-0.15, -0.1) is 0 Å². The van der Waals surface area contributed by atoms with Crippen LogP contribution < -0.4 is 4.74 Å². The number of rotatable bonds is 8. The van der Waals surface area contributed by atoms with Crippen LogP contribution in [-0.4, -0.2) is 29.1 Å². The van der Waals surface area contributed by atoms with Crippen molar-refractivity contribution < 1.29 is 32.2 Å². The Morgan fingerprint density at radius 1 is 1.00 bits per heavy atom. The number of halogens is 4. The average Bonchev–Trinajstić information content (AvgIpc) is 3.26. The first-order valence-corrected chi connectivity index (χ1v) is 13.0. The molecule has 39 heavy (non-hydrogen) atoms. The lowest BCUT2D eigenvalue weighted by molar-refractivity contribution is -0.139. The highest BCUT2D eigenvalue weighted by atomic mass is 19.4. The number of alkyl halides is 3. The third kappa shape index (κ3) is 6.01. The van der Waals surface area contributed by atoms with Gasteiger partial charge in [0.15, 0.2) is 0 Å². The van der Waals surface area contributed by atoms with E-state index in [1.54, 1.807) is 6.07 Å².